The van der Waals surface area contributed by atoms with Crippen molar-refractivity contribution in [3.63, 3.8) is 0 Å². The lowest BCUT2D eigenvalue weighted by Crippen LogP contribution is -2.40. The molecule has 0 saturated heterocycles. The Labute approximate surface area is 115 Å². The molecule has 0 aliphatic heterocycles. The molecule has 0 saturated carbocycles. The summed E-state index contributed by atoms with van der Waals surface area (Å²) in [5.41, 5.74) is 0.942. The van der Waals surface area contributed by atoms with Crippen molar-refractivity contribution >= 4 is 5.91 Å². The van der Waals surface area contributed by atoms with E-state index in [9.17, 15) is 9.90 Å². The van der Waals surface area contributed by atoms with Crippen LogP contribution in [0.1, 0.15) is 36.2 Å². The number of rotatable bonds is 6. The third kappa shape index (κ3) is 5.41. The lowest BCUT2D eigenvalue weighted by atomic mass is 10.0. The third-order valence-electron chi connectivity index (χ3n) is 3.11. The topological polar surface area (TPSA) is 52.6 Å². The molecule has 0 radical (unpaired) electrons. The van der Waals surface area contributed by atoms with E-state index in [-0.39, 0.29) is 12.5 Å². The van der Waals surface area contributed by atoms with Gasteiger partial charge in [-0.2, -0.15) is 0 Å². The zero-order valence-electron chi connectivity index (χ0n) is 12.2. The van der Waals surface area contributed by atoms with Crippen LogP contribution < -0.4 is 5.32 Å². The molecule has 4 nitrogen and oxygen atoms in total. The van der Waals surface area contributed by atoms with Crippen molar-refractivity contribution < 1.29 is 9.90 Å². The van der Waals surface area contributed by atoms with Crippen LogP contribution in [0.3, 0.4) is 0 Å². The van der Waals surface area contributed by atoms with Gasteiger partial charge in [0.2, 0.25) is 0 Å². The van der Waals surface area contributed by atoms with Crippen LogP contribution in [-0.2, 0) is 6.54 Å². The molecule has 0 fully saturated rings. The number of amides is 1. The molecule has 1 atom stereocenters. The highest BCUT2D eigenvalue weighted by atomic mass is 16.3. The van der Waals surface area contributed by atoms with Gasteiger partial charge in [-0.3, -0.25) is 4.79 Å². The summed E-state index contributed by atoms with van der Waals surface area (Å²) < 4.78 is 0. The van der Waals surface area contributed by atoms with Crippen LogP contribution in [0.25, 0.3) is 0 Å². The summed E-state index contributed by atoms with van der Waals surface area (Å²) >= 11 is 0. The number of hydrogen-bond donors (Lipinski definition) is 2. The molecule has 1 amide bonds. The molecule has 0 aliphatic carbocycles. The van der Waals surface area contributed by atoms with E-state index in [4.69, 9.17) is 0 Å². The monoisotopic (exact) mass is 264 g/mol. The molecule has 0 bridgehead atoms. The number of benzene rings is 1. The highest BCUT2D eigenvalue weighted by Crippen LogP contribution is 2.08. The van der Waals surface area contributed by atoms with E-state index in [1.807, 2.05) is 45.3 Å². The first kappa shape index (κ1) is 15.7. The molecule has 0 spiro atoms. The Morgan fingerprint density at radius 2 is 1.89 bits per heavy atom. The molecule has 19 heavy (non-hydrogen) atoms. The SMILES string of the molecule is CCC(C)(O)CNC(=O)c1ccc(CN(C)C)cc1. The molecule has 0 aliphatic rings. The summed E-state index contributed by atoms with van der Waals surface area (Å²) in [5.74, 6) is -0.148. The average Bonchev–Trinajstić information content (AvgIpc) is 2.36. The quantitative estimate of drug-likeness (QED) is 0.821. The molecule has 1 rings (SSSR count). The Morgan fingerprint density at radius 3 is 2.37 bits per heavy atom. The second-order valence-electron chi connectivity index (χ2n) is 5.47. The number of aliphatic hydroxyl groups is 1. The normalized spacial score (nSPS) is 14.2. The molecule has 1 unspecified atom stereocenters. The molecule has 4 heteroatoms. The fraction of sp³-hybridized carbons (Fsp3) is 0.533. The van der Waals surface area contributed by atoms with Gasteiger partial charge in [-0.1, -0.05) is 19.1 Å². The molecule has 0 aromatic heterocycles. The zero-order valence-corrected chi connectivity index (χ0v) is 12.2. The highest BCUT2D eigenvalue weighted by molar-refractivity contribution is 5.94. The minimum absolute atomic E-state index is 0.148. The van der Waals surface area contributed by atoms with Crippen molar-refractivity contribution in [3.8, 4) is 0 Å². The predicted molar refractivity (Wildman–Crippen MR) is 77.1 cm³/mol. The van der Waals surface area contributed by atoms with E-state index in [1.54, 1.807) is 6.92 Å². The number of hydrogen-bond acceptors (Lipinski definition) is 3. The van der Waals surface area contributed by atoms with E-state index in [1.165, 1.54) is 5.56 Å². The maximum absolute atomic E-state index is 11.9. The lowest BCUT2D eigenvalue weighted by molar-refractivity contribution is 0.0518. The minimum Gasteiger partial charge on any atom is -0.388 e. The maximum atomic E-state index is 11.9. The maximum Gasteiger partial charge on any atom is 0.251 e. The van der Waals surface area contributed by atoms with E-state index in [2.05, 4.69) is 10.2 Å². The fourth-order valence-electron chi connectivity index (χ4n) is 1.62. The van der Waals surface area contributed by atoms with Gasteiger partial charge in [-0.05, 0) is 45.1 Å². The fourth-order valence-corrected chi connectivity index (χ4v) is 1.62. The van der Waals surface area contributed by atoms with Crippen LogP contribution in [0.5, 0.6) is 0 Å². The van der Waals surface area contributed by atoms with E-state index < -0.39 is 5.60 Å². The Kier molecular flexibility index (Phi) is 5.51. The van der Waals surface area contributed by atoms with Gasteiger partial charge in [0, 0.05) is 18.7 Å². The first-order valence-corrected chi connectivity index (χ1v) is 6.58. The van der Waals surface area contributed by atoms with Gasteiger partial charge in [0.1, 0.15) is 0 Å². The van der Waals surface area contributed by atoms with E-state index in [0.717, 1.165) is 6.54 Å². The van der Waals surface area contributed by atoms with Gasteiger partial charge in [-0.15, -0.1) is 0 Å². The second kappa shape index (κ2) is 6.68. The molecule has 1 aromatic carbocycles. The average molecular weight is 264 g/mol. The summed E-state index contributed by atoms with van der Waals surface area (Å²) in [6, 6.07) is 7.53. The summed E-state index contributed by atoms with van der Waals surface area (Å²) in [4.78, 5) is 14.0. The van der Waals surface area contributed by atoms with E-state index in [0.29, 0.717) is 12.0 Å². The van der Waals surface area contributed by atoms with Crippen molar-refractivity contribution in [2.75, 3.05) is 20.6 Å². The first-order valence-electron chi connectivity index (χ1n) is 6.58. The van der Waals surface area contributed by atoms with Crippen LogP contribution in [0.4, 0.5) is 0 Å². The number of carbonyl (C=O) groups is 1. The molecular weight excluding hydrogens is 240 g/mol. The van der Waals surface area contributed by atoms with Gasteiger partial charge in [0.05, 0.1) is 5.60 Å². The van der Waals surface area contributed by atoms with Gasteiger partial charge in [0.15, 0.2) is 0 Å². The van der Waals surface area contributed by atoms with Gasteiger partial charge < -0.3 is 15.3 Å². The molecule has 2 N–H and O–H groups in total. The number of nitrogens with one attached hydrogen (secondary N) is 1. The largest absolute Gasteiger partial charge is 0.388 e. The highest BCUT2D eigenvalue weighted by Gasteiger charge is 2.18. The Hall–Kier alpha value is -1.39. The lowest BCUT2D eigenvalue weighted by Gasteiger charge is -2.21. The zero-order chi connectivity index (χ0) is 14.5. The summed E-state index contributed by atoms with van der Waals surface area (Å²) in [5, 5.41) is 12.6. The van der Waals surface area contributed by atoms with Crippen molar-refractivity contribution in [3.05, 3.63) is 35.4 Å². The third-order valence-corrected chi connectivity index (χ3v) is 3.11. The van der Waals surface area contributed by atoms with Crippen LogP contribution in [-0.4, -0.2) is 42.2 Å². The molecular formula is C15H24N2O2. The first-order chi connectivity index (χ1) is 8.84. The van der Waals surface area contributed by atoms with Crippen LogP contribution in [0.2, 0.25) is 0 Å². The van der Waals surface area contributed by atoms with Gasteiger partial charge in [0.25, 0.3) is 5.91 Å². The summed E-state index contributed by atoms with van der Waals surface area (Å²) in [7, 11) is 4.01. The van der Waals surface area contributed by atoms with Crippen molar-refractivity contribution in [1.29, 1.82) is 0 Å². The van der Waals surface area contributed by atoms with Gasteiger partial charge in [-0.25, -0.2) is 0 Å². The Balaban J connectivity index is 2.58. The summed E-state index contributed by atoms with van der Waals surface area (Å²) in [6.07, 6.45) is 0.606. The standard InChI is InChI=1S/C15H24N2O2/c1-5-15(2,19)11-16-14(18)13-8-6-12(7-9-13)10-17(3)4/h6-9,19H,5,10-11H2,1-4H3,(H,16,18). The van der Waals surface area contributed by atoms with E-state index >= 15 is 0 Å². The number of carbonyl (C=O) groups excluding carboxylic acids is 1. The van der Waals surface area contributed by atoms with Gasteiger partial charge >= 0.3 is 0 Å². The minimum atomic E-state index is -0.847. The Bertz CT molecular complexity index is 411. The second-order valence-corrected chi connectivity index (χ2v) is 5.47. The smallest absolute Gasteiger partial charge is 0.251 e. The molecule has 0 heterocycles. The Morgan fingerprint density at radius 1 is 1.32 bits per heavy atom. The van der Waals surface area contributed by atoms with Crippen molar-refractivity contribution in [1.82, 2.24) is 10.2 Å². The van der Waals surface area contributed by atoms with Crippen molar-refractivity contribution in [2.24, 2.45) is 0 Å². The predicted octanol–water partition coefficient (Wildman–Crippen LogP) is 1.64. The summed E-state index contributed by atoms with van der Waals surface area (Å²) in [6.45, 7) is 4.73. The van der Waals surface area contributed by atoms with Crippen molar-refractivity contribution in [2.45, 2.75) is 32.4 Å². The van der Waals surface area contributed by atoms with Crippen LogP contribution in [0.15, 0.2) is 24.3 Å². The van der Waals surface area contributed by atoms with Crippen LogP contribution in [0, 0.1) is 0 Å². The molecule has 1 aromatic rings. The number of nitrogens with zero attached hydrogens (tertiary/aromatic N) is 1. The molecule has 106 valence electrons. The van der Waals surface area contributed by atoms with Crippen LogP contribution >= 0.6 is 0 Å².